The predicted molar refractivity (Wildman–Crippen MR) is 101 cm³/mol. The minimum atomic E-state index is 0.228. The van der Waals surface area contributed by atoms with E-state index in [1.54, 1.807) is 6.08 Å². The van der Waals surface area contributed by atoms with Crippen LogP contribution in [0.4, 0.5) is 0 Å². The van der Waals surface area contributed by atoms with Crippen molar-refractivity contribution in [1.29, 1.82) is 0 Å². The lowest BCUT2D eigenvalue weighted by molar-refractivity contribution is 0.515. The molecule has 0 aliphatic carbocycles. The summed E-state index contributed by atoms with van der Waals surface area (Å²) in [4.78, 5) is 4.75. The van der Waals surface area contributed by atoms with Gasteiger partial charge in [0.15, 0.2) is 0 Å². The molecule has 4 rings (SSSR count). The lowest BCUT2D eigenvalue weighted by atomic mass is 10.0. The van der Waals surface area contributed by atoms with E-state index in [0.717, 1.165) is 38.5 Å². The number of para-hydroxylation sites is 1. The van der Waals surface area contributed by atoms with E-state index in [2.05, 4.69) is 12.1 Å². The van der Waals surface area contributed by atoms with Crippen molar-refractivity contribution in [3.63, 3.8) is 0 Å². The lowest BCUT2D eigenvalue weighted by Gasteiger charge is -2.08. The zero-order valence-electron chi connectivity index (χ0n) is 13.4. The van der Waals surface area contributed by atoms with Gasteiger partial charge in [-0.05, 0) is 24.4 Å². The van der Waals surface area contributed by atoms with Gasteiger partial charge in [-0.1, -0.05) is 66.2 Å². The van der Waals surface area contributed by atoms with Crippen molar-refractivity contribution in [3.05, 3.63) is 89.6 Å². The fourth-order valence-corrected chi connectivity index (χ4v) is 3.06. The fourth-order valence-electron chi connectivity index (χ4n) is 3.06. The number of aliphatic hydroxyl groups is 1. The Balaban J connectivity index is 1.97. The summed E-state index contributed by atoms with van der Waals surface area (Å²) in [5.74, 6) is 0.228. The molecule has 0 atom stereocenters. The molecule has 0 aliphatic heterocycles. The molecular formula is C22H17NO. The second-order valence-corrected chi connectivity index (χ2v) is 5.96. The Hall–Kier alpha value is -3.13. The molecule has 4 aromatic rings. The molecule has 2 heteroatoms. The van der Waals surface area contributed by atoms with Gasteiger partial charge in [-0.2, -0.15) is 0 Å². The molecule has 1 aromatic heterocycles. The number of rotatable bonds is 2. The fraction of sp³-hybridized carbons (Fsp3) is 0.0455. The Bertz CT molecular complexity index is 1080. The third-order valence-corrected chi connectivity index (χ3v) is 4.23. The van der Waals surface area contributed by atoms with Crippen molar-refractivity contribution in [2.45, 2.75) is 6.92 Å². The zero-order valence-corrected chi connectivity index (χ0v) is 13.4. The van der Waals surface area contributed by atoms with Crippen LogP contribution in [0.2, 0.25) is 0 Å². The van der Waals surface area contributed by atoms with E-state index in [0.29, 0.717) is 0 Å². The van der Waals surface area contributed by atoms with Gasteiger partial charge in [0, 0.05) is 22.4 Å². The van der Waals surface area contributed by atoms with Crippen LogP contribution in [0.25, 0.3) is 33.5 Å². The number of aliphatic hydroxyl groups excluding tert-OH is 1. The standard InChI is InChI=1S/C22H17NO/c1-15-7-6-8-16(13-15)22(24)14-21-19-11-3-2-9-17(19)18-10-4-5-12-20(18)23-21/h2-14,24H,1H3/b22-14-. The molecule has 3 aromatic carbocycles. The molecule has 1 N–H and O–H groups in total. The SMILES string of the molecule is Cc1cccc(/C(O)=C/c2nc3ccccc3c3ccccc23)c1. The first-order valence-electron chi connectivity index (χ1n) is 7.97. The van der Waals surface area contributed by atoms with Crippen LogP contribution >= 0.6 is 0 Å². The van der Waals surface area contributed by atoms with Crippen molar-refractivity contribution >= 4 is 33.5 Å². The molecule has 0 unspecified atom stereocenters. The Labute approximate surface area is 140 Å². The van der Waals surface area contributed by atoms with Crippen LogP contribution in [0.3, 0.4) is 0 Å². The van der Waals surface area contributed by atoms with E-state index in [1.165, 1.54) is 0 Å². The van der Waals surface area contributed by atoms with Crippen molar-refractivity contribution < 1.29 is 5.11 Å². The molecule has 0 saturated heterocycles. The monoisotopic (exact) mass is 311 g/mol. The quantitative estimate of drug-likeness (QED) is 0.377. The number of fused-ring (bicyclic) bond motifs is 3. The summed E-state index contributed by atoms with van der Waals surface area (Å²) in [6.45, 7) is 2.01. The van der Waals surface area contributed by atoms with Gasteiger partial charge in [0.05, 0.1) is 11.2 Å². The summed E-state index contributed by atoms with van der Waals surface area (Å²) in [6.07, 6.45) is 1.75. The van der Waals surface area contributed by atoms with Crippen LogP contribution in [0.1, 0.15) is 16.8 Å². The van der Waals surface area contributed by atoms with Gasteiger partial charge in [-0.15, -0.1) is 0 Å². The molecule has 0 radical (unpaired) electrons. The highest BCUT2D eigenvalue weighted by Gasteiger charge is 2.08. The number of aromatic nitrogens is 1. The highest BCUT2D eigenvalue weighted by Crippen LogP contribution is 2.28. The number of hydrogen-bond donors (Lipinski definition) is 1. The van der Waals surface area contributed by atoms with Gasteiger partial charge in [0.2, 0.25) is 0 Å². The normalized spacial score (nSPS) is 12.0. The lowest BCUT2D eigenvalue weighted by Crippen LogP contribution is -1.90. The third kappa shape index (κ3) is 2.52. The second-order valence-electron chi connectivity index (χ2n) is 5.96. The number of aryl methyl sites for hydroxylation is 1. The highest BCUT2D eigenvalue weighted by atomic mass is 16.3. The summed E-state index contributed by atoms with van der Waals surface area (Å²) in [5.41, 5.74) is 3.63. The molecule has 2 nitrogen and oxygen atoms in total. The van der Waals surface area contributed by atoms with Crippen molar-refractivity contribution in [1.82, 2.24) is 4.98 Å². The predicted octanol–water partition coefficient (Wildman–Crippen LogP) is 5.75. The van der Waals surface area contributed by atoms with E-state index >= 15 is 0 Å². The molecule has 0 saturated carbocycles. The average molecular weight is 311 g/mol. The molecule has 0 fully saturated rings. The van der Waals surface area contributed by atoms with Crippen LogP contribution in [-0.4, -0.2) is 10.1 Å². The molecule has 0 bridgehead atoms. The minimum absolute atomic E-state index is 0.228. The van der Waals surface area contributed by atoms with Gasteiger partial charge in [-0.3, -0.25) is 0 Å². The summed E-state index contributed by atoms with van der Waals surface area (Å²) in [7, 11) is 0. The molecule has 24 heavy (non-hydrogen) atoms. The van der Waals surface area contributed by atoms with Crippen LogP contribution in [-0.2, 0) is 0 Å². The summed E-state index contributed by atoms with van der Waals surface area (Å²) < 4.78 is 0. The smallest absolute Gasteiger partial charge is 0.124 e. The third-order valence-electron chi connectivity index (χ3n) is 4.23. The van der Waals surface area contributed by atoms with Gasteiger partial charge >= 0.3 is 0 Å². The first-order chi connectivity index (χ1) is 11.7. The van der Waals surface area contributed by atoms with E-state index in [4.69, 9.17) is 4.98 Å². The molecule has 0 spiro atoms. The van der Waals surface area contributed by atoms with Crippen molar-refractivity contribution in [2.24, 2.45) is 0 Å². The Morgan fingerprint density at radius 2 is 1.54 bits per heavy atom. The van der Waals surface area contributed by atoms with Crippen LogP contribution in [0, 0.1) is 6.92 Å². The van der Waals surface area contributed by atoms with Crippen molar-refractivity contribution in [2.75, 3.05) is 0 Å². The van der Waals surface area contributed by atoms with E-state index in [1.807, 2.05) is 67.6 Å². The van der Waals surface area contributed by atoms with E-state index in [-0.39, 0.29) is 5.76 Å². The largest absolute Gasteiger partial charge is 0.507 e. The Morgan fingerprint density at radius 3 is 2.33 bits per heavy atom. The maximum absolute atomic E-state index is 10.6. The van der Waals surface area contributed by atoms with Gasteiger partial charge in [-0.25, -0.2) is 4.98 Å². The summed E-state index contributed by atoms with van der Waals surface area (Å²) in [6, 6.07) is 24.1. The molecule has 1 heterocycles. The van der Waals surface area contributed by atoms with Gasteiger partial charge < -0.3 is 5.11 Å². The number of nitrogens with zero attached hydrogens (tertiary/aromatic N) is 1. The zero-order chi connectivity index (χ0) is 16.5. The average Bonchev–Trinajstić information content (AvgIpc) is 2.62. The summed E-state index contributed by atoms with van der Waals surface area (Å²) >= 11 is 0. The van der Waals surface area contributed by atoms with Crippen molar-refractivity contribution in [3.8, 4) is 0 Å². The molecule has 0 amide bonds. The number of hydrogen-bond acceptors (Lipinski definition) is 2. The highest BCUT2D eigenvalue weighted by molar-refractivity contribution is 6.08. The Kier molecular flexibility index (Phi) is 3.51. The topological polar surface area (TPSA) is 33.1 Å². The van der Waals surface area contributed by atoms with Gasteiger partial charge in [0.25, 0.3) is 0 Å². The summed E-state index contributed by atoms with van der Waals surface area (Å²) in [5, 5.41) is 13.9. The van der Waals surface area contributed by atoms with E-state index in [9.17, 15) is 5.11 Å². The maximum Gasteiger partial charge on any atom is 0.124 e. The number of pyridine rings is 1. The van der Waals surface area contributed by atoms with Crippen LogP contribution < -0.4 is 0 Å². The molecule has 0 aliphatic rings. The number of benzene rings is 3. The van der Waals surface area contributed by atoms with Crippen LogP contribution in [0.5, 0.6) is 0 Å². The molecule has 116 valence electrons. The van der Waals surface area contributed by atoms with E-state index < -0.39 is 0 Å². The van der Waals surface area contributed by atoms with Gasteiger partial charge in [0.1, 0.15) is 5.76 Å². The second kappa shape index (κ2) is 5.82. The first-order valence-corrected chi connectivity index (χ1v) is 7.97. The van der Waals surface area contributed by atoms with Crippen LogP contribution in [0.15, 0.2) is 72.8 Å². The first kappa shape index (κ1) is 14.5. The Morgan fingerprint density at radius 1 is 0.833 bits per heavy atom. The minimum Gasteiger partial charge on any atom is -0.507 e. The molecular weight excluding hydrogens is 294 g/mol. The maximum atomic E-state index is 10.6.